The molecule has 1 aliphatic carbocycles. The van der Waals surface area contributed by atoms with Crippen molar-refractivity contribution in [1.82, 2.24) is 15.1 Å². The Labute approximate surface area is 105 Å². The van der Waals surface area contributed by atoms with Crippen LogP contribution in [0.3, 0.4) is 0 Å². The molecule has 3 heteroatoms. The van der Waals surface area contributed by atoms with Crippen LogP contribution in [0.15, 0.2) is 12.4 Å². The van der Waals surface area contributed by atoms with Gasteiger partial charge in [-0.2, -0.15) is 5.10 Å². The van der Waals surface area contributed by atoms with Gasteiger partial charge in [-0.05, 0) is 25.7 Å². The lowest BCUT2D eigenvalue weighted by Gasteiger charge is -2.31. The van der Waals surface area contributed by atoms with Crippen molar-refractivity contribution in [2.75, 3.05) is 0 Å². The molecule has 0 amide bonds. The van der Waals surface area contributed by atoms with Crippen LogP contribution in [0.1, 0.15) is 51.5 Å². The SMILES string of the molecule is CCC1CCCCC1NCc1cnn(CC)c1. The summed E-state index contributed by atoms with van der Waals surface area (Å²) in [5.41, 5.74) is 1.31. The van der Waals surface area contributed by atoms with E-state index in [4.69, 9.17) is 0 Å². The first-order chi connectivity index (χ1) is 8.33. The summed E-state index contributed by atoms with van der Waals surface area (Å²) in [7, 11) is 0. The Morgan fingerprint density at radius 1 is 1.35 bits per heavy atom. The van der Waals surface area contributed by atoms with E-state index in [0.29, 0.717) is 0 Å². The summed E-state index contributed by atoms with van der Waals surface area (Å²) in [6, 6.07) is 0.721. The third kappa shape index (κ3) is 3.32. The lowest BCUT2D eigenvalue weighted by Crippen LogP contribution is -2.37. The highest BCUT2D eigenvalue weighted by Gasteiger charge is 2.22. The van der Waals surface area contributed by atoms with Gasteiger partial charge in [0.15, 0.2) is 0 Å². The fourth-order valence-electron chi connectivity index (χ4n) is 2.88. The van der Waals surface area contributed by atoms with E-state index in [9.17, 15) is 0 Å². The highest BCUT2D eigenvalue weighted by molar-refractivity contribution is 5.03. The first kappa shape index (κ1) is 12.6. The Kier molecular flexibility index (Phi) is 4.60. The molecule has 3 nitrogen and oxygen atoms in total. The topological polar surface area (TPSA) is 29.9 Å². The van der Waals surface area contributed by atoms with E-state index in [1.165, 1.54) is 37.7 Å². The maximum absolute atomic E-state index is 4.31. The zero-order chi connectivity index (χ0) is 12.1. The average molecular weight is 235 g/mol. The molecule has 1 heterocycles. The summed E-state index contributed by atoms with van der Waals surface area (Å²) in [6.45, 7) is 6.38. The maximum Gasteiger partial charge on any atom is 0.0534 e. The quantitative estimate of drug-likeness (QED) is 0.850. The van der Waals surface area contributed by atoms with Crippen LogP contribution >= 0.6 is 0 Å². The van der Waals surface area contributed by atoms with Crippen LogP contribution in [-0.4, -0.2) is 15.8 Å². The first-order valence-corrected chi connectivity index (χ1v) is 7.08. The van der Waals surface area contributed by atoms with Gasteiger partial charge in [-0.3, -0.25) is 4.68 Å². The molecule has 0 aromatic carbocycles. The minimum atomic E-state index is 0.721. The molecule has 1 aliphatic rings. The number of aromatic nitrogens is 2. The predicted octanol–water partition coefficient (Wildman–Crippen LogP) is 2.96. The van der Waals surface area contributed by atoms with Crippen molar-refractivity contribution < 1.29 is 0 Å². The number of rotatable bonds is 5. The summed E-state index contributed by atoms with van der Waals surface area (Å²) in [5.74, 6) is 0.880. The molecule has 0 spiro atoms. The monoisotopic (exact) mass is 235 g/mol. The Hall–Kier alpha value is -0.830. The largest absolute Gasteiger partial charge is 0.310 e. The van der Waals surface area contributed by atoms with Gasteiger partial charge in [-0.25, -0.2) is 0 Å². The van der Waals surface area contributed by atoms with E-state index in [1.807, 2.05) is 10.9 Å². The van der Waals surface area contributed by atoms with Crippen LogP contribution < -0.4 is 5.32 Å². The Morgan fingerprint density at radius 2 is 2.18 bits per heavy atom. The molecule has 0 saturated heterocycles. The van der Waals surface area contributed by atoms with E-state index < -0.39 is 0 Å². The molecule has 1 aromatic heterocycles. The van der Waals surface area contributed by atoms with E-state index in [2.05, 4.69) is 30.5 Å². The number of hydrogen-bond donors (Lipinski definition) is 1. The van der Waals surface area contributed by atoms with Gasteiger partial charge in [-0.1, -0.05) is 26.2 Å². The third-order valence-corrected chi connectivity index (χ3v) is 4.01. The van der Waals surface area contributed by atoms with Gasteiger partial charge >= 0.3 is 0 Å². The minimum Gasteiger partial charge on any atom is -0.310 e. The second-order valence-electron chi connectivity index (χ2n) is 5.14. The molecule has 0 bridgehead atoms. The Morgan fingerprint density at radius 3 is 2.88 bits per heavy atom. The molecule has 0 radical (unpaired) electrons. The van der Waals surface area contributed by atoms with Crippen LogP contribution in [0.25, 0.3) is 0 Å². The third-order valence-electron chi connectivity index (χ3n) is 4.01. The van der Waals surface area contributed by atoms with Gasteiger partial charge in [0.25, 0.3) is 0 Å². The standard InChI is InChI=1S/C14H25N3/c1-3-13-7-5-6-8-14(13)15-9-12-10-16-17(4-2)11-12/h10-11,13-15H,3-9H2,1-2H3. The zero-order valence-electron chi connectivity index (χ0n) is 11.2. The number of aryl methyl sites for hydroxylation is 1. The lowest BCUT2D eigenvalue weighted by atomic mass is 9.83. The van der Waals surface area contributed by atoms with E-state index >= 15 is 0 Å². The van der Waals surface area contributed by atoms with Gasteiger partial charge in [0.2, 0.25) is 0 Å². The van der Waals surface area contributed by atoms with E-state index in [-0.39, 0.29) is 0 Å². The van der Waals surface area contributed by atoms with Gasteiger partial charge in [0.05, 0.1) is 6.20 Å². The molecule has 17 heavy (non-hydrogen) atoms. The molecule has 1 fully saturated rings. The number of hydrogen-bond acceptors (Lipinski definition) is 2. The highest BCUT2D eigenvalue weighted by Crippen LogP contribution is 2.26. The summed E-state index contributed by atoms with van der Waals surface area (Å²) in [5, 5.41) is 8.04. The molecular formula is C14H25N3. The van der Waals surface area contributed by atoms with Gasteiger partial charge < -0.3 is 5.32 Å². The average Bonchev–Trinajstić information content (AvgIpc) is 2.84. The van der Waals surface area contributed by atoms with Crippen molar-refractivity contribution >= 4 is 0 Å². The van der Waals surface area contributed by atoms with Gasteiger partial charge in [0, 0.05) is 30.9 Å². The summed E-state index contributed by atoms with van der Waals surface area (Å²) >= 11 is 0. The number of nitrogens with zero attached hydrogens (tertiary/aromatic N) is 2. The van der Waals surface area contributed by atoms with Crippen LogP contribution in [0, 0.1) is 5.92 Å². The highest BCUT2D eigenvalue weighted by atomic mass is 15.3. The van der Waals surface area contributed by atoms with Gasteiger partial charge in [0.1, 0.15) is 0 Å². The Balaban J connectivity index is 1.83. The number of nitrogens with one attached hydrogen (secondary N) is 1. The Bertz CT molecular complexity index is 332. The molecule has 0 aliphatic heterocycles. The van der Waals surface area contributed by atoms with Crippen molar-refractivity contribution in [3.63, 3.8) is 0 Å². The smallest absolute Gasteiger partial charge is 0.0534 e. The second-order valence-corrected chi connectivity index (χ2v) is 5.14. The van der Waals surface area contributed by atoms with E-state index in [0.717, 1.165) is 25.0 Å². The van der Waals surface area contributed by atoms with Crippen LogP contribution in [0.5, 0.6) is 0 Å². The van der Waals surface area contributed by atoms with Crippen molar-refractivity contribution in [3.8, 4) is 0 Å². The van der Waals surface area contributed by atoms with Crippen LogP contribution in [-0.2, 0) is 13.1 Å². The molecule has 1 aromatic rings. The lowest BCUT2D eigenvalue weighted by molar-refractivity contribution is 0.254. The molecule has 2 rings (SSSR count). The van der Waals surface area contributed by atoms with E-state index in [1.54, 1.807) is 0 Å². The molecular weight excluding hydrogens is 210 g/mol. The fourth-order valence-corrected chi connectivity index (χ4v) is 2.88. The molecule has 1 N–H and O–H groups in total. The normalized spacial score (nSPS) is 25.1. The van der Waals surface area contributed by atoms with Gasteiger partial charge in [-0.15, -0.1) is 0 Å². The summed E-state index contributed by atoms with van der Waals surface area (Å²) in [4.78, 5) is 0. The van der Waals surface area contributed by atoms with Crippen LogP contribution in [0.4, 0.5) is 0 Å². The zero-order valence-corrected chi connectivity index (χ0v) is 11.2. The first-order valence-electron chi connectivity index (χ1n) is 7.08. The molecule has 2 atom stereocenters. The summed E-state index contributed by atoms with van der Waals surface area (Å²) in [6.07, 6.45) is 11.0. The molecule has 1 saturated carbocycles. The van der Waals surface area contributed by atoms with Crippen molar-refractivity contribution in [2.24, 2.45) is 5.92 Å². The van der Waals surface area contributed by atoms with Crippen molar-refractivity contribution in [2.45, 2.75) is 65.1 Å². The maximum atomic E-state index is 4.31. The minimum absolute atomic E-state index is 0.721. The fraction of sp³-hybridized carbons (Fsp3) is 0.786. The predicted molar refractivity (Wildman–Crippen MR) is 70.8 cm³/mol. The van der Waals surface area contributed by atoms with Crippen LogP contribution in [0.2, 0.25) is 0 Å². The second kappa shape index (κ2) is 6.20. The molecule has 96 valence electrons. The van der Waals surface area contributed by atoms with Crippen molar-refractivity contribution in [1.29, 1.82) is 0 Å². The van der Waals surface area contributed by atoms with Crippen molar-refractivity contribution in [3.05, 3.63) is 18.0 Å². The molecule has 2 unspecified atom stereocenters. The summed E-state index contributed by atoms with van der Waals surface area (Å²) < 4.78 is 2.00.